The lowest BCUT2D eigenvalue weighted by atomic mass is 10.1. The van der Waals surface area contributed by atoms with Gasteiger partial charge in [-0.1, -0.05) is 13.8 Å². The molecule has 0 spiro atoms. The van der Waals surface area contributed by atoms with Crippen LogP contribution in [-0.4, -0.2) is 36.7 Å². The fourth-order valence-electron chi connectivity index (χ4n) is 2.60. The van der Waals surface area contributed by atoms with E-state index >= 15 is 0 Å². The summed E-state index contributed by atoms with van der Waals surface area (Å²) < 4.78 is 5.71. The summed E-state index contributed by atoms with van der Waals surface area (Å²) in [5.74, 6) is 0. The second-order valence-corrected chi connectivity index (χ2v) is 7.09. The normalized spacial score (nSPS) is 18.0. The maximum Gasteiger partial charge on any atom is 0.0599 e. The first-order chi connectivity index (χ1) is 9.67. The summed E-state index contributed by atoms with van der Waals surface area (Å²) in [5.41, 5.74) is 0. The third-order valence-electron chi connectivity index (χ3n) is 3.72. The minimum absolute atomic E-state index is 0.491. The fraction of sp³-hybridized carbons (Fsp3) is 0.750. The molecular formula is C16H28N2OS. The van der Waals surface area contributed by atoms with E-state index in [-0.39, 0.29) is 0 Å². The molecule has 1 aromatic heterocycles. The van der Waals surface area contributed by atoms with Crippen LogP contribution in [0.25, 0.3) is 0 Å². The van der Waals surface area contributed by atoms with E-state index in [1.807, 2.05) is 11.3 Å². The topological polar surface area (TPSA) is 24.5 Å². The second-order valence-electron chi connectivity index (χ2n) is 5.83. The first kappa shape index (κ1) is 16.0. The van der Waals surface area contributed by atoms with E-state index in [0.29, 0.717) is 12.1 Å². The largest absolute Gasteiger partial charge is 0.378 e. The van der Waals surface area contributed by atoms with Crippen molar-refractivity contribution in [1.29, 1.82) is 0 Å². The van der Waals surface area contributed by atoms with Crippen LogP contribution in [0.15, 0.2) is 12.1 Å². The lowest BCUT2D eigenvalue weighted by molar-refractivity contribution is 0.0127. The van der Waals surface area contributed by atoms with Gasteiger partial charge in [-0.3, -0.25) is 4.90 Å². The molecule has 1 aliphatic heterocycles. The van der Waals surface area contributed by atoms with Crippen LogP contribution in [0, 0.1) is 0 Å². The Balaban J connectivity index is 1.74. The van der Waals surface area contributed by atoms with Gasteiger partial charge in [0.2, 0.25) is 0 Å². The van der Waals surface area contributed by atoms with Crippen molar-refractivity contribution < 1.29 is 4.74 Å². The van der Waals surface area contributed by atoms with E-state index in [9.17, 15) is 0 Å². The molecule has 0 aliphatic carbocycles. The third kappa shape index (κ3) is 5.17. The minimum atomic E-state index is 0.491. The Morgan fingerprint density at radius 1 is 1.30 bits per heavy atom. The Bertz CT molecular complexity index is 384. The van der Waals surface area contributed by atoms with Crippen molar-refractivity contribution in [3.63, 3.8) is 0 Å². The molecule has 2 heterocycles. The lowest BCUT2D eigenvalue weighted by Crippen LogP contribution is -2.36. The molecule has 1 aliphatic rings. The van der Waals surface area contributed by atoms with Crippen LogP contribution >= 0.6 is 11.3 Å². The van der Waals surface area contributed by atoms with Crippen molar-refractivity contribution in [2.75, 3.05) is 19.7 Å². The van der Waals surface area contributed by atoms with Gasteiger partial charge < -0.3 is 10.1 Å². The number of hydrogen-bond donors (Lipinski definition) is 1. The van der Waals surface area contributed by atoms with Crippen molar-refractivity contribution >= 4 is 11.3 Å². The smallest absolute Gasteiger partial charge is 0.0599 e. The van der Waals surface area contributed by atoms with Crippen molar-refractivity contribution in [3.05, 3.63) is 21.9 Å². The van der Waals surface area contributed by atoms with Crippen molar-refractivity contribution in [2.45, 2.75) is 58.8 Å². The number of thiophene rings is 1. The fourth-order valence-corrected chi connectivity index (χ4v) is 3.61. The maximum absolute atomic E-state index is 5.71. The summed E-state index contributed by atoms with van der Waals surface area (Å²) >= 11 is 1.94. The van der Waals surface area contributed by atoms with Crippen LogP contribution in [0.2, 0.25) is 0 Å². The SMILES string of the molecule is CCOC1CCN(Cc2ccc(CNC(C)C)s2)CC1. The molecule has 114 valence electrons. The highest BCUT2D eigenvalue weighted by molar-refractivity contribution is 7.11. The first-order valence-electron chi connectivity index (χ1n) is 7.82. The molecule has 3 nitrogen and oxygen atoms in total. The van der Waals surface area contributed by atoms with Gasteiger partial charge in [-0.2, -0.15) is 0 Å². The van der Waals surface area contributed by atoms with Gasteiger partial charge in [0.15, 0.2) is 0 Å². The number of nitrogens with zero attached hydrogens (tertiary/aromatic N) is 1. The molecule has 0 radical (unpaired) electrons. The minimum Gasteiger partial charge on any atom is -0.378 e. The Morgan fingerprint density at radius 3 is 2.65 bits per heavy atom. The Morgan fingerprint density at radius 2 is 2.00 bits per heavy atom. The van der Waals surface area contributed by atoms with Gasteiger partial charge in [0.05, 0.1) is 6.10 Å². The molecule has 1 aromatic rings. The number of nitrogens with one attached hydrogen (secondary N) is 1. The predicted molar refractivity (Wildman–Crippen MR) is 86.2 cm³/mol. The zero-order chi connectivity index (χ0) is 14.4. The van der Waals surface area contributed by atoms with Gasteiger partial charge in [-0.15, -0.1) is 11.3 Å². The zero-order valence-electron chi connectivity index (χ0n) is 13.0. The van der Waals surface area contributed by atoms with Crippen molar-refractivity contribution in [3.8, 4) is 0 Å². The van der Waals surface area contributed by atoms with Gasteiger partial charge >= 0.3 is 0 Å². The molecule has 0 saturated carbocycles. The van der Waals surface area contributed by atoms with Gasteiger partial charge in [0.25, 0.3) is 0 Å². The quantitative estimate of drug-likeness (QED) is 0.836. The van der Waals surface area contributed by atoms with E-state index in [1.54, 1.807) is 0 Å². The van der Waals surface area contributed by atoms with E-state index in [4.69, 9.17) is 4.74 Å². The molecule has 0 unspecified atom stereocenters. The summed E-state index contributed by atoms with van der Waals surface area (Å²) in [5, 5.41) is 3.48. The number of piperidine rings is 1. The summed E-state index contributed by atoms with van der Waals surface area (Å²) in [7, 11) is 0. The molecule has 0 bridgehead atoms. The summed E-state index contributed by atoms with van der Waals surface area (Å²) in [4.78, 5) is 5.49. The highest BCUT2D eigenvalue weighted by atomic mass is 32.1. The molecule has 1 fully saturated rings. The average Bonchev–Trinajstić information content (AvgIpc) is 2.87. The zero-order valence-corrected chi connectivity index (χ0v) is 13.8. The summed E-state index contributed by atoms with van der Waals surface area (Å²) in [6.45, 7) is 11.8. The monoisotopic (exact) mass is 296 g/mol. The average molecular weight is 296 g/mol. The van der Waals surface area contributed by atoms with Gasteiger partial charge in [0, 0.05) is 48.6 Å². The first-order valence-corrected chi connectivity index (χ1v) is 8.64. The summed E-state index contributed by atoms with van der Waals surface area (Å²) in [6, 6.07) is 5.11. The van der Waals surface area contributed by atoms with Crippen molar-refractivity contribution in [2.24, 2.45) is 0 Å². The van der Waals surface area contributed by atoms with E-state index in [2.05, 4.69) is 43.1 Å². The van der Waals surface area contributed by atoms with Crippen LogP contribution in [0.1, 0.15) is 43.4 Å². The molecule has 2 rings (SSSR count). The van der Waals surface area contributed by atoms with Crippen LogP contribution in [0.4, 0.5) is 0 Å². The number of likely N-dealkylation sites (tertiary alicyclic amines) is 1. The molecule has 0 aromatic carbocycles. The summed E-state index contributed by atoms with van der Waals surface area (Å²) in [6.07, 6.45) is 2.85. The van der Waals surface area contributed by atoms with E-state index < -0.39 is 0 Å². The molecule has 1 saturated heterocycles. The van der Waals surface area contributed by atoms with Crippen LogP contribution in [0.5, 0.6) is 0 Å². The second kappa shape index (κ2) is 8.13. The number of ether oxygens (including phenoxy) is 1. The molecule has 1 N–H and O–H groups in total. The van der Waals surface area contributed by atoms with Crippen molar-refractivity contribution in [1.82, 2.24) is 10.2 Å². The standard InChI is InChI=1S/C16H28N2OS/c1-4-19-14-7-9-18(10-8-14)12-16-6-5-15(20-16)11-17-13(2)3/h5-6,13-14,17H,4,7-12H2,1-3H3. The van der Waals surface area contributed by atoms with Gasteiger partial charge in [0.1, 0.15) is 0 Å². The number of hydrogen-bond acceptors (Lipinski definition) is 4. The van der Waals surface area contributed by atoms with Gasteiger partial charge in [-0.05, 0) is 31.9 Å². The predicted octanol–water partition coefficient (Wildman–Crippen LogP) is 3.25. The van der Waals surface area contributed by atoms with Crippen LogP contribution < -0.4 is 5.32 Å². The van der Waals surface area contributed by atoms with E-state index in [0.717, 1.165) is 19.7 Å². The van der Waals surface area contributed by atoms with Crippen LogP contribution in [-0.2, 0) is 17.8 Å². The number of rotatable bonds is 7. The molecule has 0 atom stereocenters. The van der Waals surface area contributed by atoms with E-state index in [1.165, 1.54) is 35.7 Å². The Hall–Kier alpha value is -0.420. The molecule has 4 heteroatoms. The Labute approximate surface area is 127 Å². The maximum atomic E-state index is 5.71. The molecule has 20 heavy (non-hydrogen) atoms. The van der Waals surface area contributed by atoms with Gasteiger partial charge in [-0.25, -0.2) is 0 Å². The highest BCUT2D eigenvalue weighted by Gasteiger charge is 2.19. The molecular weight excluding hydrogens is 268 g/mol. The molecule has 0 amide bonds. The van der Waals surface area contributed by atoms with Crippen LogP contribution in [0.3, 0.4) is 0 Å². The third-order valence-corrected chi connectivity index (χ3v) is 4.79. The Kier molecular flexibility index (Phi) is 6.49. The highest BCUT2D eigenvalue weighted by Crippen LogP contribution is 2.21. The lowest BCUT2D eigenvalue weighted by Gasteiger charge is -2.31.